The highest BCUT2D eigenvalue weighted by Gasteiger charge is 2.30. The van der Waals surface area contributed by atoms with Crippen LogP contribution in [0.15, 0.2) is 41.8 Å². The first-order valence-corrected chi connectivity index (χ1v) is 11.6. The van der Waals surface area contributed by atoms with E-state index in [1.807, 2.05) is 12.1 Å². The molecule has 158 valence electrons. The Hall–Kier alpha value is -1.69. The summed E-state index contributed by atoms with van der Waals surface area (Å²) in [7, 11) is 0. The first-order valence-electron chi connectivity index (χ1n) is 10.7. The smallest absolute Gasteiger partial charge is 0.251 e. The molecule has 0 radical (unpaired) electrons. The number of piperazine rings is 1. The van der Waals surface area contributed by atoms with Crippen LogP contribution in [-0.4, -0.2) is 54.5 Å². The maximum Gasteiger partial charge on any atom is 0.251 e. The van der Waals surface area contributed by atoms with Crippen LogP contribution in [0, 0.1) is 0 Å². The number of carbonyl (C=O) groups is 1. The summed E-state index contributed by atoms with van der Waals surface area (Å²) >= 11 is 1.78. The lowest BCUT2D eigenvalue weighted by Crippen LogP contribution is -2.52. The Labute approximate surface area is 179 Å². The summed E-state index contributed by atoms with van der Waals surface area (Å²) in [5.41, 5.74) is 2.06. The Balaban J connectivity index is 1.71. The highest BCUT2D eigenvalue weighted by Crippen LogP contribution is 2.29. The largest absolute Gasteiger partial charge is 0.348 e. The van der Waals surface area contributed by atoms with E-state index in [2.05, 4.69) is 79.4 Å². The van der Waals surface area contributed by atoms with Crippen LogP contribution in [-0.2, 0) is 5.41 Å². The molecule has 0 saturated carbocycles. The van der Waals surface area contributed by atoms with E-state index in [1.54, 1.807) is 11.3 Å². The Bertz CT molecular complexity index is 771. The summed E-state index contributed by atoms with van der Waals surface area (Å²) < 4.78 is 0. The van der Waals surface area contributed by atoms with Crippen LogP contribution in [0.5, 0.6) is 0 Å². The van der Waals surface area contributed by atoms with Gasteiger partial charge in [-0.2, -0.15) is 0 Å². The number of rotatable bonds is 6. The number of likely N-dealkylation sites (N-methyl/N-ethyl adjacent to an activating group) is 1. The predicted molar refractivity (Wildman–Crippen MR) is 123 cm³/mol. The molecule has 2 atom stereocenters. The van der Waals surface area contributed by atoms with Crippen LogP contribution >= 0.6 is 11.3 Å². The summed E-state index contributed by atoms with van der Waals surface area (Å²) in [6.07, 6.45) is 0. The Morgan fingerprint density at radius 2 is 1.76 bits per heavy atom. The summed E-state index contributed by atoms with van der Waals surface area (Å²) in [5.74, 6) is 0.00621. The molecule has 0 unspecified atom stereocenters. The van der Waals surface area contributed by atoms with Crippen molar-refractivity contribution in [1.29, 1.82) is 0 Å². The predicted octanol–water partition coefficient (Wildman–Crippen LogP) is 4.54. The summed E-state index contributed by atoms with van der Waals surface area (Å²) in [6, 6.07) is 12.6. The van der Waals surface area contributed by atoms with Gasteiger partial charge in [0.15, 0.2) is 0 Å². The zero-order chi connectivity index (χ0) is 21.0. The molecule has 0 bridgehead atoms. The molecule has 2 aromatic rings. The first kappa shape index (κ1) is 22.0. The van der Waals surface area contributed by atoms with Gasteiger partial charge in [0.2, 0.25) is 0 Å². The average Bonchev–Trinajstić information content (AvgIpc) is 3.22. The van der Waals surface area contributed by atoms with Gasteiger partial charge in [-0.15, -0.1) is 11.3 Å². The van der Waals surface area contributed by atoms with Gasteiger partial charge in [-0.3, -0.25) is 9.69 Å². The summed E-state index contributed by atoms with van der Waals surface area (Å²) in [4.78, 5) is 19.3. The fourth-order valence-electron chi connectivity index (χ4n) is 4.05. The van der Waals surface area contributed by atoms with Gasteiger partial charge in [0, 0.05) is 42.7 Å². The molecule has 1 amide bonds. The molecular weight excluding hydrogens is 378 g/mol. The molecule has 29 heavy (non-hydrogen) atoms. The second-order valence-corrected chi connectivity index (χ2v) is 10.00. The molecular formula is C24H35N3OS. The van der Waals surface area contributed by atoms with Crippen LogP contribution in [0.25, 0.3) is 0 Å². The molecule has 1 saturated heterocycles. The molecule has 2 heterocycles. The molecule has 3 rings (SSSR count). The van der Waals surface area contributed by atoms with E-state index >= 15 is 0 Å². The number of carbonyl (C=O) groups excluding carboxylic acids is 1. The number of thiophene rings is 1. The average molecular weight is 414 g/mol. The third kappa shape index (κ3) is 5.47. The first-order chi connectivity index (χ1) is 13.8. The quantitative estimate of drug-likeness (QED) is 0.755. The van der Waals surface area contributed by atoms with Gasteiger partial charge in [0.1, 0.15) is 0 Å². The molecule has 1 N–H and O–H groups in total. The number of nitrogens with zero attached hydrogens (tertiary/aromatic N) is 2. The molecule has 1 aliphatic heterocycles. The SMILES string of the molecule is CCN1CCN([C@@H](c2cccs2)[C@@H](C)NC(=O)c2ccc(C(C)(C)C)cc2)CC1. The Morgan fingerprint density at radius 3 is 2.28 bits per heavy atom. The van der Waals surface area contributed by atoms with Crippen LogP contribution in [0.2, 0.25) is 0 Å². The van der Waals surface area contributed by atoms with Crippen molar-refractivity contribution >= 4 is 17.2 Å². The highest BCUT2D eigenvalue weighted by molar-refractivity contribution is 7.10. The third-order valence-corrected chi connectivity index (χ3v) is 6.87. The van der Waals surface area contributed by atoms with E-state index in [9.17, 15) is 4.79 Å². The molecule has 0 spiro atoms. The lowest BCUT2D eigenvalue weighted by Gasteiger charge is -2.41. The van der Waals surface area contributed by atoms with Crippen molar-refractivity contribution in [3.8, 4) is 0 Å². The monoisotopic (exact) mass is 413 g/mol. The van der Waals surface area contributed by atoms with Crippen molar-refractivity contribution in [2.24, 2.45) is 0 Å². The van der Waals surface area contributed by atoms with Crippen molar-refractivity contribution in [3.63, 3.8) is 0 Å². The Kier molecular flexibility index (Phi) is 7.14. The van der Waals surface area contributed by atoms with E-state index in [1.165, 1.54) is 10.4 Å². The minimum absolute atomic E-state index is 0.00621. The number of amides is 1. The van der Waals surface area contributed by atoms with Crippen LogP contribution in [0.3, 0.4) is 0 Å². The molecule has 1 aromatic heterocycles. The summed E-state index contributed by atoms with van der Waals surface area (Å²) in [5, 5.41) is 5.41. The molecule has 4 nitrogen and oxygen atoms in total. The molecule has 0 aliphatic carbocycles. The van der Waals surface area contributed by atoms with Gasteiger partial charge in [0.25, 0.3) is 5.91 Å². The fraction of sp³-hybridized carbons (Fsp3) is 0.542. The zero-order valence-corrected chi connectivity index (χ0v) is 19.3. The van der Waals surface area contributed by atoms with Gasteiger partial charge in [-0.05, 0) is 48.0 Å². The van der Waals surface area contributed by atoms with Crippen molar-refractivity contribution < 1.29 is 4.79 Å². The van der Waals surface area contributed by atoms with Crippen LogP contribution in [0.4, 0.5) is 0 Å². The molecule has 1 fully saturated rings. The van der Waals surface area contributed by atoms with Crippen molar-refractivity contribution in [1.82, 2.24) is 15.1 Å². The number of hydrogen-bond donors (Lipinski definition) is 1. The summed E-state index contributed by atoms with van der Waals surface area (Å²) in [6.45, 7) is 16.3. The van der Waals surface area contributed by atoms with E-state index in [4.69, 9.17) is 0 Å². The van der Waals surface area contributed by atoms with Gasteiger partial charge in [-0.1, -0.05) is 45.9 Å². The van der Waals surface area contributed by atoms with Gasteiger partial charge < -0.3 is 10.2 Å². The lowest BCUT2D eigenvalue weighted by atomic mass is 9.86. The van der Waals surface area contributed by atoms with E-state index < -0.39 is 0 Å². The fourth-order valence-corrected chi connectivity index (χ4v) is 5.01. The standard InChI is InChI=1S/C24H35N3OS/c1-6-26-13-15-27(16-14-26)22(21-8-7-17-29-21)18(2)25-23(28)19-9-11-20(12-10-19)24(3,4)5/h7-12,17-18,22H,6,13-16H2,1-5H3,(H,25,28)/t18-,22-/m1/s1. The van der Waals surface area contributed by atoms with Crippen molar-refractivity contribution in [2.75, 3.05) is 32.7 Å². The zero-order valence-electron chi connectivity index (χ0n) is 18.4. The maximum atomic E-state index is 12.9. The van der Waals surface area contributed by atoms with Crippen LogP contribution in [0.1, 0.15) is 61.5 Å². The second kappa shape index (κ2) is 9.41. The lowest BCUT2D eigenvalue weighted by molar-refractivity contribution is 0.0753. The van der Waals surface area contributed by atoms with Crippen molar-refractivity contribution in [2.45, 2.75) is 52.1 Å². The minimum Gasteiger partial charge on any atom is -0.348 e. The van der Waals surface area contributed by atoms with Gasteiger partial charge >= 0.3 is 0 Å². The van der Waals surface area contributed by atoms with Crippen molar-refractivity contribution in [3.05, 3.63) is 57.8 Å². The topological polar surface area (TPSA) is 35.6 Å². The minimum atomic E-state index is 0.00621. The normalized spacial score (nSPS) is 18.4. The van der Waals surface area contributed by atoms with Crippen LogP contribution < -0.4 is 5.32 Å². The number of hydrogen-bond acceptors (Lipinski definition) is 4. The third-order valence-electron chi connectivity index (χ3n) is 5.93. The van der Waals surface area contributed by atoms with Gasteiger partial charge in [-0.25, -0.2) is 0 Å². The molecule has 1 aromatic carbocycles. The van der Waals surface area contributed by atoms with Gasteiger partial charge in [0.05, 0.1) is 6.04 Å². The van der Waals surface area contributed by atoms with E-state index in [-0.39, 0.29) is 23.4 Å². The van der Waals surface area contributed by atoms with E-state index in [0.29, 0.717) is 0 Å². The maximum absolute atomic E-state index is 12.9. The Morgan fingerprint density at radius 1 is 1.10 bits per heavy atom. The number of benzene rings is 1. The second-order valence-electron chi connectivity index (χ2n) is 9.02. The molecule has 5 heteroatoms. The van der Waals surface area contributed by atoms with E-state index in [0.717, 1.165) is 38.3 Å². The number of nitrogens with one attached hydrogen (secondary N) is 1. The molecule has 1 aliphatic rings. The highest BCUT2D eigenvalue weighted by atomic mass is 32.1.